The maximum absolute atomic E-state index is 12.5. The molecule has 0 saturated heterocycles. The van der Waals surface area contributed by atoms with Crippen LogP contribution in [0.1, 0.15) is 5.56 Å². The van der Waals surface area contributed by atoms with Crippen LogP contribution in [0.25, 0.3) is 11.3 Å². The molecule has 5 nitrogen and oxygen atoms in total. The minimum atomic E-state index is -3.68. The van der Waals surface area contributed by atoms with Crippen LogP contribution >= 0.6 is 0 Å². The quantitative estimate of drug-likeness (QED) is 0.713. The van der Waals surface area contributed by atoms with Gasteiger partial charge in [-0.3, -0.25) is 9.71 Å². The predicted octanol–water partition coefficient (Wildman–Crippen LogP) is 3.44. The first kappa shape index (κ1) is 16.0. The molecule has 1 heterocycles. The van der Waals surface area contributed by atoms with Gasteiger partial charge in [-0.25, -0.2) is 8.42 Å². The Morgan fingerprint density at radius 3 is 2.42 bits per heavy atom. The molecule has 3 rings (SSSR count). The number of pyridine rings is 1. The fraction of sp³-hybridized carbons (Fsp3) is 0.0556. The number of rotatable bonds is 4. The Balaban J connectivity index is 1.96. The highest BCUT2D eigenvalue weighted by molar-refractivity contribution is 7.92. The summed E-state index contributed by atoms with van der Waals surface area (Å²) in [6.07, 6.45) is 1.70. The van der Waals surface area contributed by atoms with E-state index in [1.165, 1.54) is 12.1 Å². The highest BCUT2D eigenvalue weighted by atomic mass is 32.2. The van der Waals surface area contributed by atoms with E-state index in [1.807, 2.05) is 37.3 Å². The SMILES string of the molecule is Cc1ccc(-c2ccccn2)cc1NS(=O)(=O)c1ccc(N)cc1. The molecule has 6 heteroatoms. The zero-order chi connectivity index (χ0) is 17.2. The average molecular weight is 339 g/mol. The second kappa shape index (κ2) is 6.33. The number of hydrogen-bond acceptors (Lipinski definition) is 4. The summed E-state index contributed by atoms with van der Waals surface area (Å²) in [4.78, 5) is 4.46. The van der Waals surface area contributed by atoms with Crippen LogP contribution in [0.3, 0.4) is 0 Å². The minimum absolute atomic E-state index is 0.166. The van der Waals surface area contributed by atoms with Crippen LogP contribution in [0, 0.1) is 6.92 Å². The first-order valence-corrected chi connectivity index (χ1v) is 8.84. The fourth-order valence-electron chi connectivity index (χ4n) is 2.28. The molecule has 3 aromatic rings. The van der Waals surface area contributed by atoms with Crippen LogP contribution in [0.4, 0.5) is 11.4 Å². The molecule has 0 radical (unpaired) electrons. The van der Waals surface area contributed by atoms with E-state index in [2.05, 4.69) is 9.71 Å². The predicted molar refractivity (Wildman–Crippen MR) is 96.1 cm³/mol. The van der Waals surface area contributed by atoms with Crippen LogP contribution in [-0.2, 0) is 10.0 Å². The van der Waals surface area contributed by atoms with E-state index < -0.39 is 10.0 Å². The highest BCUT2D eigenvalue weighted by Crippen LogP contribution is 2.26. The molecule has 1 aromatic heterocycles. The zero-order valence-corrected chi connectivity index (χ0v) is 13.9. The van der Waals surface area contributed by atoms with Gasteiger partial charge in [-0.15, -0.1) is 0 Å². The van der Waals surface area contributed by atoms with Gasteiger partial charge in [-0.05, 0) is 55.0 Å². The van der Waals surface area contributed by atoms with Gasteiger partial charge in [0, 0.05) is 17.4 Å². The minimum Gasteiger partial charge on any atom is -0.399 e. The summed E-state index contributed by atoms with van der Waals surface area (Å²) in [5.74, 6) is 0. The van der Waals surface area contributed by atoms with E-state index >= 15 is 0 Å². The third kappa shape index (κ3) is 3.38. The van der Waals surface area contributed by atoms with Gasteiger partial charge in [-0.2, -0.15) is 0 Å². The van der Waals surface area contributed by atoms with Crippen molar-refractivity contribution in [3.05, 3.63) is 72.4 Å². The topological polar surface area (TPSA) is 85.1 Å². The number of nitrogens with two attached hydrogens (primary N) is 1. The largest absolute Gasteiger partial charge is 0.399 e. The number of aryl methyl sites for hydroxylation is 1. The summed E-state index contributed by atoms with van der Waals surface area (Å²) in [5.41, 5.74) is 9.10. The van der Waals surface area contributed by atoms with Crippen molar-refractivity contribution in [3.8, 4) is 11.3 Å². The van der Waals surface area contributed by atoms with Crippen molar-refractivity contribution in [2.75, 3.05) is 10.5 Å². The standard InChI is InChI=1S/C18H17N3O2S/c1-13-5-6-14(17-4-2-3-11-20-17)12-18(13)21-24(22,23)16-9-7-15(19)8-10-16/h2-12,21H,19H2,1H3. The van der Waals surface area contributed by atoms with Gasteiger partial charge >= 0.3 is 0 Å². The number of benzene rings is 2. The molecule has 0 aliphatic rings. The number of hydrogen-bond donors (Lipinski definition) is 2. The molecule has 24 heavy (non-hydrogen) atoms. The third-order valence-corrected chi connectivity index (χ3v) is 5.01. The van der Waals surface area contributed by atoms with Crippen molar-refractivity contribution in [3.63, 3.8) is 0 Å². The fourth-order valence-corrected chi connectivity index (χ4v) is 3.40. The van der Waals surface area contributed by atoms with Crippen molar-refractivity contribution >= 4 is 21.4 Å². The molecule has 122 valence electrons. The summed E-state index contributed by atoms with van der Waals surface area (Å²) >= 11 is 0. The van der Waals surface area contributed by atoms with Crippen molar-refractivity contribution in [2.45, 2.75) is 11.8 Å². The molecule has 0 spiro atoms. The molecule has 0 unspecified atom stereocenters. The lowest BCUT2D eigenvalue weighted by molar-refractivity contribution is 0.601. The van der Waals surface area contributed by atoms with E-state index in [1.54, 1.807) is 24.4 Å². The Hall–Kier alpha value is -2.86. The molecular formula is C18H17N3O2S. The highest BCUT2D eigenvalue weighted by Gasteiger charge is 2.15. The third-order valence-electron chi connectivity index (χ3n) is 3.63. The normalized spacial score (nSPS) is 11.2. The first-order chi connectivity index (χ1) is 11.5. The summed E-state index contributed by atoms with van der Waals surface area (Å²) in [6, 6.07) is 17.3. The van der Waals surface area contributed by atoms with E-state index in [-0.39, 0.29) is 4.90 Å². The maximum Gasteiger partial charge on any atom is 0.261 e. The van der Waals surface area contributed by atoms with E-state index in [0.29, 0.717) is 11.4 Å². The van der Waals surface area contributed by atoms with Crippen molar-refractivity contribution in [2.24, 2.45) is 0 Å². The zero-order valence-electron chi connectivity index (χ0n) is 13.1. The summed E-state index contributed by atoms with van der Waals surface area (Å²) in [7, 11) is -3.68. The van der Waals surface area contributed by atoms with Crippen molar-refractivity contribution in [1.29, 1.82) is 0 Å². The monoisotopic (exact) mass is 339 g/mol. The summed E-state index contributed by atoms with van der Waals surface area (Å²) in [5, 5.41) is 0. The van der Waals surface area contributed by atoms with Gasteiger partial charge in [-0.1, -0.05) is 18.2 Å². The molecule has 0 saturated carbocycles. The van der Waals surface area contributed by atoms with E-state index in [4.69, 9.17) is 5.73 Å². The van der Waals surface area contributed by atoms with Gasteiger partial charge in [0.15, 0.2) is 0 Å². The van der Waals surface area contributed by atoms with Crippen molar-refractivity contribution < 1.29 is 8.42 Å². The van der Waals surface area contributed by atoms with Crippen LogP contribution < -0.4 is 10.5 Å². The van der Waals surface area contributed by atoms with Gasteiger partial charge in [0.05, 0.1) is 16.3 Å². The van der Waals surface area contributed by atoms with E-state index in [9.17, 15) is 8.42 Å². The van der Waals surface area contributed by atoms with Crippen molar-refractivity contribution in [1.82, 2.24) is 4.98 Å². The number of nitrogens with zero attached hydrogens (tertiary/aromatic N) is 1. The lowest BCUT2D eigenvalue weighted by atomic mass is 10.1. The smallest absolute Gasteiger partial charge is 0.261 e. The van der Waals surface area contributed by atoms with Crippen LogP contribution in [0.5, 0.6) is 0 Å². The van der Waals surface area contributed by atoms with Gasteiger partial charge in [0.2, 0.25) is 0 Å². The molecular weight excluding hydrogens is 322 g/mol. The van der Waals surface area contributed by atoms with Crippen LogP contribution in [0.15, 0.2) is 71.8 Å². The molecule has 3 N–H and O–H groups in total. The Morgan fingerprint density at radius 2 is 1.75 bits per heavy atom. The second-order valence-electron chi connectivity index (χ2n) is 5.42. The Bertz CT molecular complexity index is 953. The molecule has 0 fully saturated rings. The Kier molecular flexibility index (Phi) is 4.22. The molecule has 0 atom stereocenters. The van der Waals surface area contributed by atoms with Gasteiger partial charge in [0.1, 0.15) is 0 Å². The van der Waals surface area contributed by atoms with Gasteiger partial charge < -0.3 is 5.73 Å². The van der Waals surface area contributed by atoms with Crippen LogP contribution in [0.2, 0.25) is 0 Å². The number of aromatic nitrogens is 1. The average Bonchev–Trinajstić information content (AvgIpc) is 2.58. The molecule has 0 aliphatic carbocycles. The second-order valence-corrected chi connectivity index (χ2v) is 7.10. The number of nitrogens with one attached hydrogen (secondary N) is 1. The van der Waals surface area contributed by atoms with Crippen LogP contribution in [-0.4, -0.2) is 13.4 Å². The van der Waals surface area contributed by atoms with E-state index in [0.717, 1.165) is 16.8 Å². The molecule has 2 aromatic carbocycles. The Labute approximate surface area is 141 Å². The lowest BCUT2D eigenvalue weighted by Crippen LogP contribution is -2.13. The van der Waals surface area contributed by atoms with Gasteiger partial charge in [0.25, 0.3) is 10.0 Å². The Morgan fingerprint density at radius 1 is 1.00 bits per heavy atom. The summed E-state index contributed by atoms with van der Waals surface area (Å²) in [6.45, 7) is 1.85. The number of anilines is 2. The molecule has 0 amide bonds. The molecule has 0 bridgehead atoms. The summed E-state index contributed by atoms with van der Waals surface area (Å²) < 4.78 is 27.7. The first-order valence-electron chi connectivity index (χ1n) is 7.36. The number of sulfonamides is 1. The molecule has 0 aliphatic heterocycles. The number of nitrogen functional groups attached to an aromatic ring is 1. The maximum atomic E-state index is 12.5. The lowest BCUT2D eigenvalue weighted by Gasteiger charge is -2.12.